The first-order chi connectivity index (χ1) is 10.3. The molecule has 0 aromatic rings. The molecule has 126 valence electrons. The van der Waals surface area contributed by atoms with Crippen LogP contribution in [0.1, 0.15) is 40.0 Å². The Bertz CT molecular complexity index is 414. The van der Waals surface area contributed by atoms with Gasteiger partial charge in [-0.15, -0.1) is 0 Å². The molecule has 1 saturated heterocycles. The van der Waals surface area contributed by atoms with Crippen molar-refractivity contribution in [3.8, 4) is 0 Å². The Morgan fingerprint density at radius 3 is 2.55 bits per heavy atom. The van der Waals surface area contributed by atoms with Gasteiger partial charge >= 0.3 is 6.09 Å². The number of ether oxygens (including phenoxy) is 1. The third-order valence-corrected chi connectivity index (χ3v) is 5.20. The first kappa shape index (κ1) is 17.3. The van der Waals surface area contributed by atoms with Crippen molar-refractivity contribution < 1.29 is 14.6 Å². The zero-order valence-electron chi connectivity index (χ0n) is 14.2. The molecular weight excluding hydrogens is 280 g/mol. The number of hydrogen-bond donors (Lipinski definition) is 1. The van der Waals surface area contributed by atoms with Crippen molar-refractivity contribution in [3.05, 3.63) is 12.2 Å². The van der Waals surface area contributed by atoms with Crippen LogP contribution < -0.4 is 0 Å². The predicted octanol–water partition coefficient (Wildman–Crippen LogP) is 2.26. The number of amides is 1. The first-order valence-electron chi connectivity index (χ1n) is 8.38. The molecule has 1 amide bonds. The van der Waals surface area contributed by atoms with E-state index in [-0.39, 0.29) is 12.1 Å². The van der Waals surface area contributed by atoms with Gasteiger partial charge in [-0.1, -0.05) is 12.2 Å². The lowest BCUT2D eigenvalue weighted by Crippen LogP contribution is -2.60. The summed E-state index contributed by atoms with van der Waals surface area (Å²) in [5.41, 5.74) is 0.559. The lowest BCUT2D eigenvalue weighted by atomic mass is 9.73. The van der Waals surface area contributed by atoms with Crippen molar-refractivity contribution in [2.24, 2.45) is 5.92 Å². The summed E-state index contributed by atoms with van der Waals surface area (Å²) in [7, 11) is 0. The van der Waals surface area contributed by atoms with Gasteiger partial charge in [-0.25, -0.2) is 4.79 Å². The summed E-state index contributed by atoms with van der Waals surface area (Å²) in [6, 6.07) is 0.146. The second-order valence-electron chi connectivity index (χ2n) is 6.91. The SMILES string of the molecule is C=C(C)[C@@H]1CC[C@](C)(O)[C@@H](N2CCN(C(=O)OCC)CC2)C1. The lowest BCUT2D eigenvalue weighted by molar-refractivity contribution is -0.0786. The number of aliphatic hydroxyl groups is 1. The molecule has 0 aromatic carbocycles. The molecule has 0 unspecified atom stereocenters. The van der Waals surface area contributed by atoms with Crippen LogP contribution in [0, 0.1) is 5.92 Å². The van der Waals surface area contributed by atoms with E-state index in [1.54, 1.807) is 4.90 Å². The Morgan fingerprint density at radius 1 is 1.36 bits per heavy atom. The summed E-state index contributed by atoms with van der Waals surface area (Å²) in [4.78, 5) is 15.9. The van der Waals surface area contributed by atoms with Gasteiger partial charge in [0.05, 0.1) is 12.2 Å². The van der Waals surface area contributed by atoms with Gasteiger partial charge in [-0.3, -0.25) is 4.90 Å². The predicted molar refractivity (Wildman–Crippen MR) is 86.7 cm³/mol. The highest BCUT2D eigenvalue weighted by Gasteiger charge is 2.42. The normalized spacial score (nSPS) is 33.5. The molecule has 0 spiro atoms. The molecule has 1 aliphatic carbocycles. The van der Waals surface area contributed by atoms with E-state index in [2.05, 4.69) is 18.4 Å². The second-order valence-corrected chi connectivity index (χ2v) is 6.91. The fraction of sp³-hybridized carbons (Fsp3) is 0.824. The Balaban J connectivity index is 1.96. The van der Waals surface area contributed by atoms with E-state index in [1.165, 1.54) is 5.57 Å². The molecule has 5 heteroatoms. The van der Waals surface area contributed by atoms with E-state index in [0.29, 0.717) is 25.6 Å². The largest absolute Gasteiger partial charge is 0.450 e. The van der Waals surface area contributed by atoms with Crippen LogP contribution in [-0.2, 0) is 4.74 Å². The van der Waals surface area contributed by atoms with Crippen molar-refractivity contribution in [2.75, 3.05) is 32.8 Å². The van der Waals surface area contributed by atoms with Gasteiger partial charge in [0.25, 0.3) is 0 Å². The number of hydrogen-bond acceptors (Lipinski definition) is 4. The minimum atomic E-state index is -0.655. The molecule has 5 nitrogen and oxygen atoms in total. The highest BCUT2D eigenvalue weighted by molar-refractivity contribution is 5.67. The summed E-state index contributed by atoms with van der Waals surface area (Å²) in [6.45, 7) is 13.3. The van der Waals surface area contributed by atoms with Crippen LogP contribution in [0.5, 0.6) is 0 Å². The standard InChI is InChI=1S/C17H30N2O3/c1-5-22-16(20)19-10-8-18(9-11-19)15-12-14(13(2)3)6-7-17(15,4)21/h14-15,21H,2,5-12H2,1,3-4H3/t14-,15+,17+/m1/s1. The van der Waals surface area contributed by atoms with Crippen LogP contribution in [0.3, 0.4) is 0 Å². The van der Waals surface area contributed by atoms with Gasteiger partial charge in [-0.05, 0) is 46.0 Å². The molecule has 1 N–H and O–H groups in total. The first-order valence-corrected chi connectivity index (χ1v) is 8.38. The van der Waals surface area contributed by atoms with Gasteiger partial charge in [0, 0.05) is 32.2 Å². The number of rotatable bonds is 3. The number of allylic oxidation sites excluding steroid dienone is 1. The molecule has 1 heterocycles. The minimum absolute atomic E-state index is 0.146. The molecule has 2 rings (SSSR count). The lowest BCUT2D eigenvalue weighted by Gasteiger charge is -2.49. The van der Waals surface area contributed by atoms with Crippen molar-refractivity contribution in [3.63, 3.8) is 0 Å². The van der Waals surface area contributed by atoms with Crippen LogP contribution in [0.2, 0.25) is 0 Å². The number of carbonyl (C=O) groups is 1. The molecule has 2 fully saturated rings. The molecular formula is C17H30N2O3. The number of nitrogens with zero attached hydrogens (tertiary/aromatic N) is 2. The van der Waals surface area contributed by atoms with E-state index >= 15 is 0 Å². The third-order valence-electron chi connectivity index (χ3n) is 5.20. The van der Waals surface area contributed by atoms with Crippen LogP contribution in [-0.4, -0.2) is 65.4 Å². The average molecular weight is 310 g/mol. The van der Waals surface area contributed by atoms with Gasteiger partial charge in [-0.2, -0.15) is 0 Å². The Labute approximate surface area is 133 Å². The molecule has 22 heavy (non-hydrogen) atoms. The van der Waals surface area contributed by atoms with Crippen molar-refractivity contribution in [2.45, 2.75) is 51.7 Å². The van der Waals surface area contributed by atoms with Crippen molar-refractivity contribution >= 4 is 6.09 Å². The monoisotopic (exact) mass is 310 g/mol. The minimum Gasteiger partial charge on any atom is -0.450 e. The maximum absolute atomic E-state index is 11.8. The average Bonchev–Trinajstić information content (AvgIpc) is 2.47. The van der Waals surface area contributed by atoms with Crippen molar-refractivity contribution in [1.82, 2.24) is 9.80 Å². The third kappa shape index (κ3) is 3.82. The summed E-state index contributed by atoms with van der Waals surface area (Å²) in [5, 5.41) is 10.8. The van der Waals surface area contributed by atoms with Gasteiger partial charge in [0.2, 0.25) is 0 Å². The maximum atomic E-state index is 11.8. The maximum Gasteiger partial charge on any atom is 0.409 e. The molecule has 0 aromatic heterocycles. The summed E-state index contributed by atoms with van der Waals surface area (Å²) < 4.78 is 5.06. The summed E-state index contributed by atoms with van der Waals surface area (Å²) >= 11 is 0. The zero-order chi connectivity index (χ0) is 16.3. The van der Waals surface area contributed by atoms with E-state index in [4.69, 9.17) is 4.74 Å². The number of carbonyl (C=O) groups excluding carboxylic acids is 1. The van der Waals surface area contributed by atoms with Crippen LogP contribution in [0.15, 0.2) is 12.2 Å². The molecule has 0 radical (unpaired) electrons. The Morgan fingerprint density at radius 2 is 2.00 bits per heavy atom. The highest BCUT2D eigenvalue weighted by atomic mass is 16.6. The van der Waals surface area contributed by atoms with E-state index in [0.717, 1.165) is 32.4 Å². The van der Waals surface area contributed by atoms with Crippen LogP contribution >= 0.6 is 0 Å². The second kappa shape index (κ2) is 7.01. The van der Waals surface area contributed by atoms with Gasteiger partial charge in [0.1, 0.15) is 0 Å². The zero-order valence-corrected chi connectivity index (χ0v) is 14.2. The molecule has 0 bridgehead atoms. The topological polar surface area (TPSA) is 53.0 Å². The van der Waals surface area contributed by atoms with E-state index in [1.807, 2.05) is 13.8 Å². The van der Waals surface area contributed by atoms with E-state index < -0.39 is 5.60 Å². The smallest absolute Gasteiger partial charge is 0.409 e. The summed E-state index contributed by atoms with van der Waals surface area (Å²) in [5.74, 6) is 0.494. The molecule has 2 aliphatic rings. The quantitative estimate of drug-likeness (QED) is 0.812. The van der Waals surface area contributed by atoms with Gasteiger partial charge < -0.3 is 14.7 Å². The Kier molecular flexibility index (Phi) is 5.50. The highest BCUT2D eigenvalue weighted by Crippen LogP contribution is 2.38. The molecule has 1 aliphatic heterocycles. The van der Waals surface area contributed by atoms with Crippen LogP contribution in [0.4, 0.5) is 4.79 Å². The molecule has 1 saturated carbocycles. The fourth-order valence-electron chi connectivity index (χ4n) is 3.70. The Hall–Kier alpha value is -1.07. The van der Waals surface area contributed by atoms with E-state index in [9.17, 15) is 9.90 Å². The fourth-order valence-corrected chi connectivity index (χ4v) is 3.70. The molecule has 3 atom stereocenters. The van der Waals surface area contributed by atoms with Gasteiger partial charge in [0.15, 0.2) is 0 Å². The van der Waals surface area contributed by atoms with Crippen LogP contribution in [0.25, 0.3) is 0 Å². The number of piperazine rings is 1. The van der Waals surface area contributed by atoms with Crippen molar-refractivity contribution in [1.29, 1.82) is 0 Å². The summed E-state index contributed by atoms with van der Waals surface area (Å²) in [6.07, 6.45) is 2.56.